The molecule has 1 atom stereocenters. The Morgan fingerprint density at radius 3 is 2.21 bits per heavy atom. The Hall–Kier alpha value is -1.51. The molecule has 0 aromatic heterocycles. The van der Waals surface area contributed by atoms with Crippen molar-refractivity contribution in [1.82, 2.24) is 10.6 Å². The van der Waals surface area contributed by atoms with Crippen molar-refractivity contribution in [3.05, 3.63) is 0 Å². The summed E-state index contributed by atoms with van der Waals surface area (Å²) in [5.41, 5.74) is -3.34. The van der Waals surface area contributed by atoms with Crippen LogP contribution in [-0.2, 0) is 9.53 Å². The molecule has 2 amide bonds. The van der Waals surface area contributed by atoms with Gasteiger partial charge >= 0.3 is 18.2 Å². The molecule has 112 valence electrons. The van der Waals surface area contributed by atoms with Crippen LogP contribution in [0, 0.1) is 0 Å². The maximum Gasteiger partial charge on any atom is 0.422 e. The predicted octanol–water partition coefficient (Wildman–Crippen LogP) is 1.12. The highest BCUT2D eigenvalue weighted by atomic mass is 19.4. The molecule has 0 aromatic rings. The fourth-order valence-corrected chi connectivity index (χ4v) is 0.976. The number of hydrogen-bond acceptors (Lipinski definition) is 3. The van der Waals surface area contributed by atoms with Gasteiger partial charge < -0.3 is 20.5 Å². The molecule has 0 heterocycles. The highest BCUT2D eigenvalue weighted by Crippen LogP contribution is 2.30. The predicted molar refractivity (Wildman–Crippen MR) is 59.7 cm³/mol. The van der Waals surface area contributed by atoms with Crippen LogP contribution in [0.3, 0.4) is 0 Å². The molecule has 0 aliphatic rings. The van der Waals surface area contributed by atoms with E-state index in [9.17, 15) is 22.8 Å². The fraction of sp³-hybridized carbons (Fsp3) is 0.800. The number of carboxylic acids is 1. The zero-order chi connectivity index (χ0) is 15.3. The molecule has 9 heteroatoms. The third-order valence-corrected chi connectivity index (χ3v) is 2.20. The molecule has 0 aliphatic heterocycles. The van der Waals surface area contributed by atoms with Gasteiger partial charge in [0.25, 0.3) is 0 Å². The van der Waals surface area contributed by atoms with E-state index in [0.717, 1.165) is 0 Å². The van der Waals surface area contributed by atoms with Crippen LogP contribution in [0.25, 0.3) is 0 Å². The smallest absolute Gasteiger partial charge is 0.422 e. The second-order valence-electron chi connectivity index (χ2n) is 4.23. The number of amides is 2. The van der Waals surface area contributed by atoms with Crippen LogP contribution < -0.4 is 10.6 Å². The van der Waals surface area contributed by atoms with E-state index in [2.05, 4.69) is 5.32 Å². The largest absolute Gasteiger partial charge is 0.479 e. The molecule has 0 saturated heterocycles. The first kappa shape index (κ1) is 17.5. The molecule has 1 unspecified atom stereocenters. The van der Waals surface area contributed by atoms with Gasteiger partial charge in [-0.1, -0.05) is 0 Å². The van der Waals surface area contributed by atoms with Crippen LogP contribution in [0.15, 0.2) is 0 Å². The minimum absolute atomic E-state index is 0.0302. The van der Waals surface area contributed by atoms with Crippen LogP contribution in [-0.4, -0.2) is 48.1 Å². The molecule has 0 radical (unpaired) electrons. The lowest BCUT2D eigenvalue weighted by Gasteiger charge is -2.28. The highest BCUT2D eigenvalue weighted by molar-refractivity contribution is 5.86. The number of alkyl halides is 3. The normalized spacial score (nSPS) is 14.9. The molecule has 19 heavy (non-hydrogen) atoms. The average molecular weight is 286 g/mol. The van der Waals surface area contributed by atoms with Gasteiger partial charge in [0.2, 0.25) is 5.54 Å². The molecule has 0 fully saturated rings. The average Bonchev–Trinajstić information content (AvgIpc) is 2.22. The fourth-order valence-electron chi connectivity index (χ4n) is 0.976. The third kappa shape index (κ3) is 5.33. The summed E-state index contributed by atoms with van der Waals surface area (Å²) in [6.07, 6.45) is -5.19. The molecule has 0 bridgehead atoms. The molecular formula is C10H17F3N2O4. The van der Waals surface area contributed by atoms with Gasteiger partial charge in [-0.25, -0.2) is 9.59 Å². The van der Waals surface area contributed by atoms with Crippen molar-refractivity contribution < 1.29 is 32.6 Å². The summed E-state index contributed by atoms with van der Waals surface area (Å²) >= 11 is 0. The van der Waals surface area contributed by atoms with Gasteiger partial charge in [0, 0.05) is 6.54 Å². The molecule has 3 N–H and O–H groups in total. The molecular weight excluding hydrogens is 269 g/mol. The summed E-state index contributed by atoms with van der Waals surface area (Å²) in [4.78, 5) is 21.8. The van der Waals surface area contributed by atoms with E-state index in [1.54, 1.807) is 13.8 Å². The number of hydrogen-bond donors (Lipinski definition) is 3. The second kappa shape index (κ2) is 6.60. The summed E-state index contributed by atoms with van der Waals surface area (Å²) < 4.78 is 42.7. The molecule has 0 aliphatic carbocycles. The van der Waals surface area contributed by atoms with Crippen LogP contribution in [0.2, 0.25) is 0 Å². The molecule has 0 spiro atoms. The van der Waals surface area contributed by atoms with Gasteiger partial charge in [-0.15, -0.1) is 0 Å². The van der Waals surface area contributed by atoms with Crippen molar-refractivity contribution in [1.29, 1.82) is 0 Å². The van der Waals surface area contributed by atoms with Crippen LogP contribution >= 0.6 is 0 Å². The Kier molecular flexibility index (Phi) is 6.07. The van der Waals surface area contributed by atoms with Gasteiger partial charge in [0.15, 0.2) is 0 Å². The third-order valence-electron chi connectivity index (χ3n) is 2.20. The number of carboxylic acid groups (broad SMARTS) is 1. The SMILES string of the molecule is CC(C)OCCNC(=O)NC(C)(C(=O)O)C(F)(F)F. The van der Waals surface area contributed by atoms with E-state index in [4.69, 9.17) is 9.84 Å². The number of carbonyl (C=O) groups is 2. The summed E-state index contributed by atoms with van der Waals surface area (Å²) in [5.74, 6) is -2.19. The Balaban J connectivity index is 4.39. The monoisotopic (exact) mass is 286 g/mol. The molecule has 0 rings (SSSR count). The summed E-state index contributed by atoms with van der Waals surface area (Å²) in [7, 11) is 0. The minimum atomic E-state index is -5.11. The van der Waals surface area contributed by atoms with Crippen LogP contribution in [0.5, 0.6) is 0 Å². The Morgan fingerprint density at radius 2 is 1.84 bits per heavy atom. The summed E-state index contributed by atoms with van der Waals surface area (Å²) in [5, 5.41) is 12.0. The van der Waals surface area contributed by atoms with E-state index in [1.807, 2.05) is 0 Å². The number of halogens is 3. The Morgan fingerprint density at radius 1 is 1.32 bits per heavy atom. The van der Waals surface area contributed by atoms with Gasteiger partial charge in [0.05, 0.1) is 12.7 Å². The number of aliphatic carboxylic acids is 1. The lowest BCUT2D eigenvalue weighted by atomic mass is 10.0. The first-order valence-electron chi connectivity index (χ1n) is 5.48. The van der Waals surface area contributed by atoms with Crippen molar-refractivity contribution in [2.75, 3.05) is 13.2 Å². The number of ether oxygens (including phenoxy) is 1. The summed E-state index contributed by atoms with van der Waals surface area (Å²) in [6, 6.07) is -1.23. The quantitative estimate of drug-likeness (QED) is 0.638. The van der Waals surface area contributed by atoms with E-state index < -0.39 is 23.7 Å². The maximum atomic E-state index is 12.6. The van der Waals surface area contributed by atoms with Crippen LogP contribution in [0.1, 0.15) is 20.8 Å². The summed E-state index contributed by atoms with van der Waals surface area (Å²) in [6.45, 7) is 3.97. The maximum absolute atomic E-state index is 12.6. The Bertz CT molecular complexity index is 333. The van der Waals surface area contributed by atoms with Gasteiger partial charge in [-0.3, -0.25) is 0 Å². The zero-order valence-electron chi connectivity index (χ0n) is 10.8. The molecule has 6 nitrogen and oxygen atoms in total. The van der Waals surface area contributed by atoms with Gasteiger partial charge in [-0.2, -0.15) is 13.2 Å². The van der Waals surface area contributed by atoms with Crippen molar-refractivity contribution in [3.8, 4) is 0 Å². The van der Waals surface area contributed by atoms with Crippen molar-refractivity contribution in [2.45, 2.75) is 38.6 Å². The van der Waals surface area contributed by atoms with Gasteiger partial charge in [-0.05, 0) is 20.8 Å². The van der Waals surface area contributed by atoms with Crippen molar-refractivity contribution in [3.63, 3.8) is 0 Å². The lowest BCUT2D eigenvalue weighted by molar-refractivity contribution is -0.203. The van der Waals surface area contributed by atoms with Gasteiger partial charge in [0.1, 0.15) is 0 Å². The van der Waals surface area contributed by atoms with E-state index in [1.165, 1.54) is 5.32 Å². The number of nitrogens with one attached hydrogen (secondary N) is 2. The zero-order valence-corrected chi connectivity index (χ0v) is 10.8. The topological polar surface area (TPSA) is 87.7 Å². The van der Waals surface area contributed by atoms with E-state index in [0.29, 0.717) is 6.92 Å². The Labute approximate surface area is 108 Å². The van der Waals surface area contributed by atoms with Crippen molar-refractivity contribution in [2.24, 2.45) is 0 Å². The standard InChI is InChI=1S/C10H17F3N2O4/c1-6(2)19-5-4-14-8(18)15-9(3,7(16)17)10(11,12)13/h6H,4-5H2,1-3H3,(H,16,17)(H2,14,15,18). The lowest BCUT2D eigenvalue weighted by Crippen LogP contribution is -2.63. The van der Waals surface area contributed by atoms with Crippen LogP contribution in [0.4, 0.5) is 18.0 Å². The minimum Gasteiger partial charge on any atom is -0.479 e. The number of rotatable bonds is 6. The number of carbonyl (C=O) groups excluding carboxylic acids is 1. The highest BCUT2D eigenvalue weighted by Gasteiger charge is 2.58. The van der Waals surface area contributed by atoms with E-state index >= 15 is 0 Å². The molecule has 0 saturated carbocycles. The first-order valence-corrected chi connectivity index (χ1v) is 5.48. The molecule has 0 aromatic carbocycles. The number of urea groups is 1. The van der Waals surface area contributed by atoms with E-state index in [-0.39, 0.29) is 19.3 Å². The second-order valence-corrected chi connectivity index (χ2v) is 4.23. The van der Waals surface area contributed by atoms with Crippen molar-refractivity contribution >= 4 is 12.0 Å². The first-order chi connectivity index (χ1) is 8.50.